The molecule has 0 amide bonds. The lowest BCUT2D eigenvalue weighted by Gasteiger charge is -2.40. The van der Waals surface area contributed by atoms with Gasteiger partial charge in [-0.1, -0.05) is 54.4 Å². The number of hydrogen-bond acceptors (Lipinski definition) is 0. The first-order valence-electron chi connectivity index (χ1n) is 7.75. The summed E-state index contributed by atoms with van der Waals surface area (Å²) in [5.74, 6) is 4.28. The van der Waals surface area contributed by atoms with Gasteiger partial charge >= 0.3 is 0 Å². The Morgan fingerprint density at radius 1 is 0.562 bits per heavy atom. The summed E-state index contributed by atoms with van der Waals surface area (Å²) in [7, 11) is 0. The van der Waals surface area contributed by atoms with Crippen LogP contribution in [0, 0.1) is 23.7 Å². The molecule has 2 aliphatic rings. The maximum Gasteiger partial charge on any atom is -0.0381 e. The first-order chi connectivity index (χ1) is 7.75. The van der Waals surface area contributed by atoms with Gasteiger partial charge in [0.15, 0.2) is 0 Å². The molecule has 0 N–H and O–H groups in total. The molecule has 0 heteroatoms. The lowest BCUT2D eigenvalue weighted by molar-refractivity contribution is 0.109. The molecule has 2 aliphatic carbocycles. The first kappa shape index (κ1) is 16.0. The molecule has 0 nitrogen and oxygen atoms in total. The largest absolute Gasteiger partial charge is 0.0683 e. The maximum absolute atomic E-state index is 2.44. The minimum absolute atomic E-state index is 1.02. The van der Waals surface area contributed by atoms with Crippen molar-refractivity contribution in [3.05, 3.63) is 0 Å². The molecule has 0 saturated heterocycles. The molecule has 0 heterocycles. The second-order valence-corrected chi connectivity index (χ2v) is 5.36. The molecule has 0 aliphatic heterocycles. The Balaban J connectivity index is 0.000000509. The third-order valence-corrected chi connectivity index (χ3v) is 4.14. The van der Waals surface area contributed by atoms with Crippen LogP contribution in [0.3, 0.4) is 0 Å². The van der Waals surface area contributed by atoms with Gasteiger partial charge in [-0.2, -0.15) is 0 Å². The van der Waals surface area contributed by atoms with Crippen LogP contribution in [0.1, 0.15) is 80.1 Å². The van der Waals surface area contributed by atoms with E-state index in [9.17, 15) is 0 Å². The average molecular weight is 226 g/mol. The van der Waals surface area contributed by atoms with Crippen LogP contribution < -0.4 is 0 Å². The smallest absolute Gasteiger partial charge is 0.0381 e. The van der Waals surface area contributed by atoms with Crippen LogP contribution in [0.25, 0.3) is 0 Å². The van der Waals surface area contributed by atoms with Gasteiger partial charge in [-0.05, 0) is 49.4 Å². The van der Waals surface area contributed by atoms with E-state index in [-0.39, 0.29) is 0 Å². The Morgan fingerprint density at radius 2 is 0.938 bits per heavy atom. The third kappa shape index (κ3) is 4.89. The van der Waals surface area contributed by atoms with Crippen molar-refractivity contribution in [1.82, 2.24) is 0 Å². The van der Waals surface area contributed by atoms with E-state index < -0.39 is 0 Å². The van der Waals surface area contributed by atoms with Crippen LogP contribution in [-0.2, 0) is 0 Å². The Morgan fingerprint density at radius 3 is 1.31 bits per heavy atom. The standard InChI is InChI=1S/C12H22.2C2H6/c1-9-3-5-11-6-4-10(2)8-12(11)7-9;2*1-2/h9-12H,3-8H2,1-2H3;2*1-2H3. The van der Waals surface area contributed by atoms with E-state index in [1.807, 2.05) is 27.7 Å². The van der Waals surface area contributed by atoms with Crippen LogP contribution in [-0.4, -0.2) is 0 Å². The summed E-state index contributed by atoms with van der Waals surface area (Å²) in [5, 5.41) is 0. The monoisotopic (exact) mass is 226 g/mol. The highest BCUT2D eigenvalue weighted by molar-refractivity contribution is 4.83. The molecule has 0 spiro atoms. The summed E-state index contributed by atoms with van der Waals surface area (Å²) < 4.78 is 0. The second-order valence-electron chi connectivity index (χ2n) is 5.36. The van der Waals surface area contributed by atoms with E-state index >= 15 is 0 Å². The molecule has 2 saturated carbocycles. The predicted octanol–water partition coefficient (Wildman–Crippen LogP) is 5.91. The fraction of sp³-hybridized carbons (Fsp3) is 1.00. The zero-order chi connectivity index (χ0) is 12.6. The van der Waals surface area contributed by atoms with Crippen molar-refractivity contribution in [2.45, 2.75) is 80.1 Å². The number of hydrogen-bond donors (Lipinski definition) is 0. The van der Waals surface area contributed by atoms with Crippen molar-refractivity contribution in [3.8, 4) is 0 Å². The molecule has 0 aromatic heterocycles. The van der Waals surface area contributed by atoms with Gasteiger partial charge in [-0.15, -0.1) is 0 Å². The van der Waals surface area contributed by atoms with E-state index in [1.165, 1.54) is 25.7 Å². The first-order valence-corrected chi connectivity index (χ1v) is 7.75. The fourth-order valence-electron chi connectivity index (χ4n) is 3.36. The van der Waals surface area contributed by atoms with Crippen molar-refractivity contribution in [2.75, 3.05) is 0 Å². The highest BCUT2D eigenvalue weighted by atomic mass is 14.4. The topological polar surface area (TPSA) is 0 Å². The summed E-state index contributed by atoms with van der Waals surface area (Å²) in [5.41, 5.74) is 0. The Hall–Kier alpha value is 0. The normalized spacial score (nSPS) is 37.1. The molecule has 0 bridgehead atoms. The predicted molar refractivity (Wildman–Crippen MR) is 75.7 cm³/mol. The molecule has 0 radical (unpaired) electrons. The Kier molecular flexibility index (Phi) is 9.07. The van der Waals surface area contributed by atoms with E-state index in [0.29, 0.717) is 0 Å². The van der Waals surface area contributed by atoms with Gasteiger partial charge in [0.1, 0.15) is 0 Å². The van der Waals surface area contributed by atoms with Gasteiger partial charge < -0.3 is 0 Å². The number of rotatable bonds is 0. The molecule has 16 heavy (non-hydrogen) atoms. The van der Waals surface area contributed by atoms with Crippen LogP contribution in [0.2, 0.25) is 0 Å². The second kappa shape index (κ2) is 9.07. The maximum atomic E-state index is 2.44. The fourth-order valence-corrected chi connectivity index (χ4v) is 3.36. The zero-order valence-corrected chi connectivity index (χ0v) is 12.6. The van der Waals surface area contributed by atoms with Crippen molar-refractivity contribution in [1.29, 1.82) is 0 Å². The van der Waals surface area contributed by atoms with Crippen molar-refractivity contribution < 1.29 is 0 Å². The number of fused-ring (bicyclic) bond motifs is 1. The lowest BCUT2D eigenvalue weighted by Crippen LogP contribution is -2.29. The summed E-state index contributed by atoms with van der Waals surface area (Å²) >= 11 is 0. The Bertz CT molecular complexity index is 134. The molecule has 0 aromatic carbocycles. The van der Waals surface area contributed by atoms with Crippen molar-refractivity contribution in [2.24, 2.45) is 23.7 Å². The molecule has 2 atom stereocenters. The minimum Gasteiger partial charge on any atom is -0.0683 e. The third-order valence-electron chi connectivity index (χ3n) is 4.14. The van der Waals surface area contributed by atoms with E-state index in [2.05, 4.69) is 13.8 Å². The van der Waals surface area contributed by atoms with E-state index in [0.717, 1.165) is 23.7 Å². The Labute approximate surface area is 104 Å². The molecule has 2 rings (SSSR count). The molecule has 2 fully saturated rings. The summed E-state index contributed by atoms with van der Waals surface area (Å²) in [4.78, 5) is 0. The SMILES string of the molecule is CC.CC.CC1CCC2CCC(C)CC2C1. The highest BCUT2D eigenvalue weighted by Gasteiger charge is 2.32. The van der Waals surface area contributed by atoms with Crippen molar-refractivity contribution in [3.63, 3.8) is 0 Å². The van der Waals surface area contributed by atoms with Crippen LogP contribution in [0.15, 0.2) is 0 Å². The highest BCUT2D eigenvalue weighted by Crippen LogP contribution is 2.44. The molecular formula is C16H34. The van der Waals surface area contributed by atoms with E-state index in [1.54, 1.807) is 12.8 Å². The van der Waals surface area contributed by atoms with Crippen molar-refractivity contribution >= 4 is 0 Å². The van der Waals surface area contributed by atoms with Gasteiger partial charge in [0, 0.05) is 0 Å². The summed E-state index contributed by atoms with van der Waals surface area (Å²) in [6, 6.07) is 0. The minimum atomic E-state index is 1.02. The van der Waals surface area contributed by atoms with Crippen LogP contribution in [0.4, 0.5) is 0 Å². The quantitative estimate of drug-likeness (QED) is 0.481. The van der Waals surface area contributed by atoms with E-state index in [4.69, 9.17) is 0 Å². The molecular weight excluding hydrogens is 192 g/mol. The molecule has 0 aromatic rings. The van der Waals surface area contributed by atoms with Gasteiger partial charge in [0.05, 0.1) is 0 Å². The van der Waals surface area contributed by atoms with Gasteiger partial charge in [0.25, 0.3) is 0 Å². The lowest BCUT2D eigenvalue weighted by atomic mass is 9.65. The zero-order valence-electron chi connectivity index (χ0n) is 12.6. The summed E-state index contributed by atoms with van der Waals surface area (Å²) in [6.07, 6.45) is 9.17. The average Bonchev–Trinajstić information content (AvgIpc) is 2.33. The summed E-state index contributed by atoms with van der Waals surface area (Å²) in [6.45, 7) is 12.9. The van der Waals surface area contributed by atoms with Crippen LogP contribution >= 0.6 is 0 Å². The van der Waals surface area contributed by atoms with Gasteiger partial charge in [-0.3, -0.25) is 0 Å². The molecule has 98 valence electrons. The van der Waals surface area contributed by atoms with Crippen LogP contribution in [0.5, 0.6) is 0 Å². The molecule has 2 unspecified atom stereocenters. The van der Waals surface area contributed by atoms with Gasteiger partial charge in [0.2, 0.25) is 0 Å². The van der Waals surface area contributed by atoms with Gasteiger partial charge in [-0.25, -0.2) is 0 Å².